The molecule has 3 aromatic rings. The largest absolute Gasteiger partial charge is 0.497 e. The van der Waals surface area contributed by atoms with E-state index in [0.29, 0.717) is 42.3 Å². The summed E-state index contributed by atoms with van der Waals surface area (Å²) in [5.74, 6) is 1.39. The SMILES string of the molecule is COc1cccc(C(=O)N2CCN(Cc3cc(=O)oc4ccc(OC)cc34)CC2)c1. The summed E-state index contributed by atoms with van der Waals surface area (Å²) in [7, 11) is 3.20. The van der Waals surface area contributed by atoms with Crippen LogP contribution in [0.2, 0.25) is 0 Å². The van der Waals surface area contributed by atoms with Crippen LogP contribution < -0.4 is 15.1 Å². The number of fused-ring (bicyclic) bond motifs is 1. The molecular weight excluding hydrogens is 384 g/mol. The number of rotatable bonds is 5. The summed E-state index contributed by atoms with van der Waals surface area (Å²) in [6.45, 7) is 3.30. The summed E-state index contributed by atoms with van der Waals surface area (Å²) in [5.41, 5.74) is 1.70. The Morgan fingerprint density at radius 1 is 0.967 bits per heavy atom. The van der Waals surface area contributed by atoms with E-state index in [-0.39, 0.29) is 11.5 Å². The Balaban J connectivity index is 1.46. The molecule has 0 unspecified atom stereocenters. The van der Waals surface area contributed by atoms with Gasteiger partial charge in [-0.1, -0.05) is 6.07 Å². The van der Waals surface area contributed by atoms with Crippen molar-refractivity contribution < 1.29 is 18.7 Å². The Kier molecular flexibility index (Phi) is 5.72. The minimum absolute atomic E-state index is 0.00379. The maximum absolute atomic E-state index is 12.8. The van der Waals surface area contributed by atoms with Crippen molar-refractivity contribution in [3.8, 4) is 11.5 Å². The normalized spacial score (nSPS) is 14.7. The molecule has 0 saturated carbocycles. The fourth-order valence-electron chi connectivity index (χ4n) is 3.75. The molecule has 7 nitrogen and oxygen atoms in total. The minimum atomic E-state index is -0.366. The number of piperazine rings is 1. The molecule has 4 rings (SSSR count). The highest BCUT2D eigenvalue weighted by Crippen LogP contribution is 2.24. The number of nitrogens with zero attached hydrogens (tertiary/aromatic N) is 2. The zero-order chi connectivity index (χ0) is 21.1. The standard InChI is InChI=1S/C23H24N2O5/c1-28-18-5-3-4-16(12-18)23(27)25-10-8-24(9-11-25)15-17-13-22(26)30-21-7-6-19(29-2)14-20(17)21/h3-7,12-14H,8-11,15H2,1-2H3. The van der Waals surface area contributed by atoms with Crippen LogP contribution >= 0.6 is 0 Å². The van der Waals surface area contributed by atoms with Gasteiger partial charge in [0.05, 0.1) is 14.2 Å². The van der Waals surface area contributed by atoms with E-state index >= 15 is 0 Å². The number of methoxy groups -OCH3 is 2. The number of hydrogen-bond acceptors (Lipinski definition) is 6. The minimum Gasteiger partial charge on any atom is -0.497 e. The van der Waals surface area contributed by atoms with Gasteiger partial charge in [0.25, 0.3) is 5.91 Å². The third kappa shape index (κ3) is 4.16. The van der Waals surface area contributed by atoms with Crippen molar-refractivity contribution in [1.29, 1.82) is 0 Å². The summed E-state index contributed by atoms with van der Waals surface area (Å²) in [4.78, 5) is 28.9. The molecule has 30 heavy (non-hydrogen) atoms. The van der Waals surface area contributed by atoms with Crippen LogP contribution in [0.15, 0.2) is 57.7 Å². The summed E-state index contributed by atoms with van der Waals surface area (Å²) >= 11 is 0. The van der Waals surface area contributed by atoms with Gasteiger partial charge in [-0.15, -0.1) is 0 Å². The molecule has 1 fully saturated rings. The van der Waals surface area contributed by atoms with E-state index in [2.05, 4.69) is 4.90 Å². The van der Waals surface area contributed by atoms with Crippen LogP contribution in [-0.4, -0.2) is 56.1 Å². The Morgan fingerprint density at radius 2 is 1.70 bits per heavy atom. The monoisotopic (exact) mass is 408 g/mol. The van der Waals surface area contributed by atoms with Crippen molar-refractivity contribution in [1.82, 2.24) is 9.80 Å². The van der Waals surface area contributed by atoms with E-state index in [9.17, 15) is 9.59 Å². The van der Waals surface area contributed by atoms with Crippen molar-refractivity contribution in [2.75, 3.05) is 40.4 Å². The first-order chi connectivity index (χ1) is 14.6. The lowest BCUT2D eigenvalue weighted by molar-refractivity contribution is 0.0628. The van der Waals surface area contributed by atoms with Crippen LogP contribution in [0, 0.1) is 0 Å². The first-order valence-corrected chi connectivity index (χ1v) is 9.84. The Labute approximate surface area is 174 Å². The van der Waals surface area contributed by atoms with E-state index in [0.717, 1.165) is 24.0 Å². The lowest BCUT2D eigenvalue weighted by Gasteiger charge is -2.35. The van der Waals surface area contributed by atoms with Crippen LogP contribution in [0.5, 0.6) is 11.5 Å². The summed E-state index contributed by atoms with van der Waals surface area (Å²) in [5, 5.41) is 0.865. The molecule has 156 valence electrons. The molecular formula is C23H24N2O5. The van der Waals surface area contributed by atoms with Crippen LogP contribution in [0.25, 0.3) is 11.0 Å². The average Bonchev–Trinajstić information content (AvgIpc) is 2.79. The third-order valence-corrected chi connectivity index (χ3v) is 5.41. The summed E-state index contributed by atoms with van der Waals surface area (Å²) < 4.78 is 15.8. The summed E-state index contributed by atoms with van der Waals surface area (Å²) in [6, 6.07) is 14.2. The molecule has 0 radical (unpaired) electrons. The predicted octanol–water partition coefficient (Wildman–Crippen LogP) is 2.77. The van der Waals surface area contributed by atoms with Crippen molar-refractivity contribution >= 4 is 16.9 Å². The van der Waals surface area contributed by atoms with E-state index in [1.165, 1.54) is 6.07 Å². The van der Waals surface area contributed by atoms with Crippen LogP contribution in [0.3, 0.4) is 0 Å². The first-order valence-electron chi connectivity index (χ1n) is 9.84. The number of amides is 1. The Morgan fingerprint density at radius 3 is 2.43 bits per heavy atom. The van der Waals surface area contributed by atoms with Gasteiger partial charge >= 0.3 is 5.63 Å². The fourth-order valence-corrected chi connectivity index (χ4v) is 3.75. The van der Waals surface area contributed by atoms with E-state index in [1.807, 2.05) is 23.1 Å². The Hall–Kier alpha value is -3.32. The van der Waals surface area contributed by atoms with Gasteiger partial charge in [0.2, 0.25) is 0 Å². The topological polar surface area (TPSA) is 72.2 Å². The zero-order valence-electron chi connectivity index (χ0n) is 17.1. The maximum atomic E-state index is 12.8. The molecule has 0 aliphatic carbocycles. The second-order valence-corrected chi connectivity index (χ2v) is 7.25. The first kappa shape index (κ1) is 20.0. The fraction of sp³-hybridized carbons (Fsp3) is 0.304. The van der Waals surface area contributed by atoms with E-state index < -0.39 is 0 Å². The van der Waals surface area contributed by atoms with Gasteiger partial charge in [-0.05, 0) is 42.0 Å². The molecule has 7 heteroatoms. The molecule has 0 spiro atoms. The van der Waals surface area contributed by atoms with Gasteiger partial charge < -0.3 is 18.8 Å². The zero-order valence-corrected chi connectivity index (χ0v) is 17.1. The van der Waals surface area contributed by atoms with Gasteiger partial charge in [-0.25, -0.2) is 4.79 Å². The number of ether oxygens (including phenoxy) is 2. The highest BCUT2D eigenvalue weighted by Gasteiger charge is 2.23. The molecule has 1 amide bonds. The molecule has 1 aliphatic heterocycles. The molecule has 1 saturated heterocycles. The molecule has 2 aromatic carbocycles. The molecule has 0 bridgehead atoms. The number of benzene rings is 2. The van der Waals surface area contributed by atoms with Gasteiger partial charge in [-0.2, -0.15) is 0 Å². The van der Waals surface area contributed by atoms with Crippen molar-refractivity contribution in [2.45, 2.75) is 6.54 Å². The smallest absolute Gasteiger partial charge is 0.336 e. The van der Waals surface area contributed by atoms with Gasteiger partial charge in [0.1, 0.15) is 17.1 Å². The van der Waals surface area contributed by atoms with Gasteiger partial charge in [0.15, 0.2) is 0 Å². The second-order valence-electron chi connectivity index (χ2n) is 7.25. The number of carbonyl (C=O) groups is 1. The third-order valence-electron chi connectivity index (χ3n) is 5.41. The molecule has 1 aliphatic rings. The lowest BCUT2D eigenvalue weighted by atomic mass is 10.1. The molecule has 2 heterocycles. The Bertz CT molecular complexity index is 1120. The highest BCUT2D eigenvalue weighted by molar-refractivity contribution is 5.94. The van der Waals surface area contributed by atoms with Crippen LogP contribution in [0.4, 0.5) is 0 Å². The van der Waals surface area contributed by atoms with Crippen LogP contribution in [0.1, 0.15) is 15.9 Å². The van der Waals surface area contributed by atoms with Crippen LogP contribution in [-0.2, 0) is 6.54 Å². The number of hydrogen-bond donors (Lipinski definition) is 0. The second kappa shape index (κ2) is 8.59. The average molecular weight is 408 g/mol. The van der Waals surface area contributed by atoms with Gasteiger partial charge in [0, 0.05) is 49.7 Å². The number of carbonyl (C=O) groups excluding carboxylic acids is 1. The van der Waals surface area contributed by atoms with E-state index in [4.69, 9.17) is 13.9 Å². The quantitative estimate of drug-likeness (QED) is 0.605. The van der Waals surface area contributed by atoms with Gasteiger partial charge in [-0.3, -0.25) is 9.69 Å². The summed E-state index contributed by atoms with van der Waals surface area (Å²) in [6.07, 6.45) is 0. The maximum Gasteiger partial charge on any atom is 0.336 e. The molecule has 1 aromatic heterocycles. The predicted molar refractivity (Wildman–Crippen MR) is 113 cm³/mol. The molecule has 0 atom stereocenters. The van der Waals surface area contributed by atoms with E-state index in [1.54, 1.807) is 38.5 Å². The van der Waals surface area contributed by atoms with Crippen molar-refractivity contribution in [3.63, 3.8) is 0 Å². The molecule has 0 N–H and O–H groups in total. The van der Waals surface area contributed by atoms with Crippen molar-refractivity contribution in [3.05, 3.63) is 70.1 Å². The lowest BCUT2D eigenvalue weighted by Crippen LogP contribution is -2.48. The highest BCUT2D eigenvalue weighted by atomic mass is 16.5. The van der Waals surface area contributed by atoms with Crippen molar-refractivity contribution in [2.24, 2.45) is 0 Å².